The lowest BCUT2D eigenvalue weighted by atomic mass is 9.71. The first kappa shape index (κ1) is 16.9. The van der Waals surface area contributed by atoms with Crippen molar-refractivity contribution in [3.05, 3.63) is 33.8 Å². The Hall–Kier alpha value is -0.480. The van der Waals surface area contributed by atoms with Crippen molar-refractivity contribution in [3.63, 3.8) is 0 Å². The van der Waals surface area contributed by atoms with Crippen LogP contribution < -0.4 is 5.32 Å². The second-order valence-corrected chi connectivity index (χ2v) is 7.35. The van der Waals surface area contributed by atoms with Gasteiger partial charge in [-0.25, -0.2) is 8.78 Å². The third-order valence-electron chi connectivity index (χ3n) is 4.94. The van der Waals surface area contributed by atoms with E-state index in [0.717, 1.165) is 12.8 Å². The van der Waals surface area contributed by atoms with Crippen molar-refractivity contribution in [3.8, 4) is 0 Å². The van der Waals surface area contributed by atoms with E-state index in [1.165, 1.54) is 18.6 Å². The molecule has 0 aromatic heterocycles. The van der Waals surface area contributed by atoms with E-state index >= 15 is 0 Å². The second kappa shape index (κ2) is 7.19. The fourth-order valence-corrected chi connectivity index (χ4v) is 3.90. The molecule has 4 heteroatoms. The van der Waals surface area contributed by atoms with Gasteiger partial charge in [-0.2, -0.15) is 0 Å². The number of nitrogens with one attached hydrogen (secondary N) is 1. The van der Waals surface area contributed by atoms with Gasteiger partial charge in [0.1, 0.15) is 11.6 Å². The largest absolute Gasteiger partial charge is 0.317 e. The van der Waals surface area contributed by atoms with Crippen molar-refractivity contribution < 1.29 is 8.78 Å². The Morgan fingerprint density at radius 3 is 2.62 bits per heavy atom. The molecule has 21 heavy (non-hydrogen) atoms. The smallest absolute Gasteiger partial charge is 0.143 e. The van der Waals surface area contributed by atoms with Crippen molar-refractivity contribution in [2.75, 3.05) is 7.05 Å². The Kier molecular flexibility index (Phi) is 5.78. The number of hydrogen-bond acceptors (Lipinski definition) is 1. The van der Waals surface area contributed by atoms with E-state index < -0.39 is 11.6 Å². The van der Waals surface area contributed by atoms with E-state index in [4.69, 9.17) is 0 Å². The molecule has 1 fully saturated rings. The molecule has 0 amide bonds. The summed E-state index contributed by atoms with van der Waals surface area (Å²) in [6, 6.07) is 3.12. The Morgan fingerprint density at radius 1 is 1.29 bits per heavy atom. The van der Waals surface area contributed by atoms with Crippen molar-refractivity contribution in [1.29, 1.82) is 0 Å². The molecule has 0 bridgehead atoms. The van der Waals surface area contributed by atoms with Gasteiger partial charge in [0.05, 0.1) is 4.47 Å². The van der Waals surface area contributed by atoms with Gasteiger partial charge in [-0.3, -0.25) is 0 Å². The van der Waals surface area contributed by atoms with Gasteiger partial charge in [0.15, 0.2) is 0 Å². The van der Waals surface area contributed by atoms with Gasteiger partial charge >= 0.3 is 0 Å². The van der Waals surface area contributed by atoms with Gasteiger partial charge in [0.2, 0.25) is 0 Å². The molecular weight excluding hydrogens is 336 g/mol. The number of hydrogen-bond donors (Lipinski definition) is 1. The van der Waals surface area contributed by atoms with Crippen LogP contribution in [0.1, 0.15) is 38.7 Å². The SMILES string of the molecule is CNC1CCC(C(C)C)CC1Cc1c(F)ccc(Br)c1F. The molecule has 1 aromatic rings. The Balaban J connectivity index is 2.21. The minimum Gasteiger partial charge on any atom is -0.317 e. The van der Waals surface area contributed by atoms with Crippen LogP contribution in [0.2, 0.25) is 0 Å². The van der Waals surface area contributed by atoms with Crippen LogP contribution in [-0.4, -0.2) is 13.1 Å². The molecule has 0 saturated heterocycles. The summed E-state index contributed by atoms with van der Waals surface area (Å²) in [5, 5.41) is 3.33. The van der Waals surface area contributed by atoms with E-state index in [-0.39, 0.29) is 11.5 Å². The third-order valence-corrected chi connectivity index (χ3v) is 5.55. The molecule has 3 unspecified atom stereocenters. The van der Waals surface area contributed by atoms with Gasteiger partial charge in [-0.15, -0.1) is 0 Å². The van der Waals surface area contributed by atoms with Crippen molar-refractivity contribution >= 4 is 15.9 Å². The molecular formula is C17H24BrF2N. The molecule has 118 valence electrons. The summed E-state index contributed by atoms with van der Waals surface area (Å²) in [6.45, 7) is 4.48. The van der Waals surface area contributed by atoms with Gasteiger partial charge in [-0.1, -0.05) is 13.8 Å². The highest BCUT2D eigenvalue weighted by Gasteiger charge is 2.32. The number of rotatable bonds is 4. The molecule has 1 aliphatic rings. The van der Waals surface area contributed by atoms with E-state index in [2.05, 4.69) is 35.1 Å². The van der Waals surface area contributed by atoms with E-state index in [9.17, 15) is 8.78 Å². The van der Waals surface area contributed by atoms with Crippen LogP contribution in [0.15, 0.2) is 16.6 Å². The molecule has 0 spiro atoms. The van der Waals surface area contributed by atoms with Gasteiger partial charge < -0.3 is 5.32 Å². The normalized spacial score (nSPS) is 26.3. The van der Waals surface area contributed by atoms with Crippen LogP contribution in [0.4, 0.5) is 8.78 Å². The fraction of sp³-hybridized carbons (Fsp3) is 0.647. The lowest BCUT2D eigenvalue weighted by molar-refractivity contribution is 0.171. The standard InChI is InChI=1S/C17H24BrF2N/c1-10(2)11-4-7-16(21-3)12(8-11)9-13-15(19)6-5-14(18)17(13)20/h5-6,10-12,16,21H,4,7-9H2,1-3H3. The average Bonchev–Trinajstić information content (AvgIpc) is 2.47. The summed E-state index contributed by atoms with van der Waals surface area (Å²) in [4.78, 5) is 0. The second-order valence-electron chi connectivity index (χ2n) is 6.50. The average molecular weight is 360 g/mol. The van der Waals surface area contributed by atoms with Crippen molar-refractivity contribution in [2.24, 2.45) is 17.8 Å². The number of benzene rings is 1. The van der Waals surface area contributed by atoms with Crippen molar-refractivity contribution in [1.82, 2.24) is 5.32 Å². The zero-order valence-corrected chi connectivity index (χ0v) is 14.5. The maximum atomic E-state index is 14.2. The Bertz CT molecular complexity index is 490. The lowest BCUT2D eigenvalue weighted by Crippen LogP contribution is -2.41. The van der Waals surface area contributed by atoms with Gasteiger partial charge in [-0.05, 0) is 78.5 Å². The molecule has 0 aliphatic heterocycles. The minimum atomic E-state index is -0.448. The summed E-state index contributed by atoms with van der Waals surface area (Å²) >= 11 is 3.16. The molecule has 2 rings (SSSR count). The van der Waals surface area contributed by atoms with Crippen molar-refractivity contribution in [2.45, 2.75) is 45.6 Å². The number of halogens is 3. The van der Waals surface area contributed by atoms with Crippen LogP contribution in [0.3, 0.4) is 0 Å². The Morgan fingerprint density at radius 2 is 2.00 bits per heavy atom. The predicted octanol–water partition coefficient (Wildman–Crippen LogP) is 4.93. The third kappa shape index (κ3) is 3.84. The molecule has 0 heterocycles. The molecule has 3 atom stereocenters. The van der Waals surface area contributed by atoms with Crippen LogP contribution in [0, 0.1) is 29.4 Å². The molecule has 1 nitrogen and oxygen atoms in total. The zero-order chi connectivity index (χ0) is 15.6. The van der Waals surface area contributed by atoms with E-state index in [1.807, 2.05) is 7.05 Å². The maximum Gasteiger partial charge on any atom is 0.143 e. The molecule has 1 N–H and O–H groups in total. The highest BCUT2D eigenvalue weighted by atomic mass is 79.9. The Labute approximate surface area is 134 Å². The summed E-state index contributed by atoms with van der Waals surface area (Å²) in [5.74, 6) is 0.684. The maximum absolute atomic E-state index is 14.2. The molecule has 0 radical (unpaired) electrons. The lowest BCUT2D eigenvalue weighted by Gasteiger charge is -2.38. The molecule has 1 aliphatic carbocycles. The van der Waals surface area contributed by atoms with Gasteiger partial charge in [0.25, 0.3) is 0 Å². The summed E-state index contributed by atoms with van der Waals surface area (Å²) in [5.41, 5.74) is 0.221. The van der Waals surface area contributed by atoms with Crippen LogP contribution in [0.25, 0.3) is 0 Å². The fourth-order valence-electron chi connectivity index (χ4n) is 3.53. The summed E-state index contributed by atoms with van der Waals surface area (Å²) in [7, 11) is 1.95. The van der Waals surface area contributed by atoms with E-state index in [1.54, 1.807) is 0 Å². The first-order chi connectivity index (χ1) is 9.93. The minimum absolute atomic E-state index is 0.221. The highest BCUT2D eigenvalue weighted by Crippen LogP contribution is 2.36. The topological polar surface area (TPSA) is 12.0 Å². The van der Waals surface area contributed by atoms with E-state index in [0.29, 0.717) is 28.8 Å². The summed E-state index contributed by atoms with van der Waals surface area (Å²) in [6.07, 6.45) is 3.78. The van der Waals surface area contributed by atoms with Crippen LogP contribution >= 0.6 is 15.9 Å². The molecule has 1 aromatic carbocycles. The van der Waals surface area contributed by atoms with Crippen LogP contribution in [-0.2, 0) is 6.42 Å². The first-order valence-corrected chi connectivity index (χ1v) is 8.53. The molecule has 1 saturated carbocycles. The van der Waals surface area contributed by atoms with Gasteiger partial charge in [0, 0.05) is 11.6 Å². The quantitative estimate of drug-likeness (QED) is 0.751. The monoisotopic (exact) mass is 359 g/mol. The first-order valence-electron chi connectivity index (χ1n) is 7.73. The predicted molar refractivity (Wildman–Crippen MR) is 86.3 cm³/mol. The van der Waals surface area contributed by atoms with Crippen LogP contribution in [0.5, 0.6) is 0 Å². The highest BCUT2D eigenvalue weighted by molar-refractivity contribution is 9.10. The summed E-state index contributed by atoms with van der Waals surface area (Å²) < 4.78 is 28.5. The zero-order valence-electron chi connectivity index (χ0n) is 12.9.